The van der Waals surface area contributed by atoms with Crippen molar-refractivity contribution >= 4 is 29.0 Å². The molecule has 2 N–H and O–H groups in total. The van der Waals surface area contributed by atoms with Crippen LogP contribution >= 0.6 is 11.8 Å². The maximum absolute atomic E-state index is 13.4. The Balaban J connectivity index is 1.98. The summed E-state index contributed by atoms with van der Waals surface area (Å²) < 4.78 is 13.4. The van der Waals surface area contributed by atoms with Gasteiger partial charge in [-0.2, -0.15) is 0 Å². The normalized spacial score (nSPS) is 18.6. The number of benzene rings is 2. The average Bonchev–Trinajstić information content (AvgIpc) is 2.81. The van der Waals surface area contributed by atoms with Gasteiger partial charge in [0.25, 0.3) is 0 Å². The average molecular weight is 288 g/mol. The van der Waals surface area contributed by atoms with Crippen molar-refractivity contribution in [2.45, 2.75) is 5.37 Å². The Morgan fingerprint density at radius 3 is 2.65 bits per heavy atom. The summed E-state index contributed by atoms with van der Waals surface area (Å²) in [5, 5.41) is -0.134. The Morgan fingerprint density at radius 1 is 1.20 bits per heavy atom. The number of nitrogen functional groups attached to an aromatic ring is 1. The second-order valence-electron chi connectivity index (χ2n) is 4.57. The van der Waals surface area contributed by atoms with Gasteiger partial charge in [-0.15, -0.1) is 11.8 Å². The predicted octanol–water partition coefficient (Wildman–Crippen LogP) is 3.19. The molecule has 0 radical (unpaired) electrons. The first-order valence-electron chi connectivity index (χ1n) is 6.20. The molecule has 3 rings (SSSR count). The Labute approximate surface area is 120 Å². The van der Waals surface area contributed by atoms with E-state index in [1.807, 2.05) is 24.3 Å². The van der Waals surface area contributed by atoms with E-state index in [0.29, 0.717) is 17.1 Å². The molecule has 102 valence electrons. The third-order valence-corrected chi connectivity index (χ3v) is 4.39. The molecule has 2 aromatic rings. The lowest BCUT2D eigenvalue weighted by Crippen LogP contribution is -2.27. The molecule has 1 amide bonds. The van der Waals surface area contributed by atoms with Gasteiger partial charge in [0.1, 0.15) is 11.2 Å². The maximum atomic E-state index is 13.4. The van der Waals surface area contributed by atoms with Gasteiger partial charge < -0.3 is 5.73 Å². The fraction of sp³-hybridized carbons (Fsp3) is 0.133. The number of hydrogen-bond acceptors (Lipinski definition) is 3. The summed E-state index contributed by atoms with van der Waals surface area (Å²) in [7, 11) is 0. The minimum atomic E-state index is -0.344. The number of anilines is 2. The number of nitrogens with two attached hydrogens (primary N) is 1. The molecule has 5 heteroatoms. The van der Waals surface area contributed by atoms with Gasteiger partial charge in [0.05, 0.1) is 5.75 Å². The fourth-order valence-electron chi connectivity index (χ4n) is 2.24. The van der Waals surface area contributed by atoms with E-state index in [9.17, 15) is 9.18 Å². The van der Waals surface area contributed by atoms with Crippen LogP contribution in [0.5, 0.6) is 0 Å². The number of hydrogen-bond donors (Lipinski definition) is 1. The van der Waals surface area contributed by atoms with Crippen LogP contribution in [0.25, 0.3) is 0 Å². The summed E-state index contributed by atoms with van der Waals surface area (Å²) in [5.41, 5.74) is 7.93. The van der Waals surface area contributed by atoms with E-state index in [1.165, 1.54) is 23.9 Å². The van der Waals surface area contributed by atoms with Crippen molar-refractivity contribution in [3.8, 4) is 0 Å². The molecule has 0 spiro atoms. The highest BCUT2D eigenvalue weighted by Crippen LogP contribution is 2.41. The molecule has 0 saturated carbocycles. The number of thioether (sulfide) groups is 1. The molecule has 1 aliphatic rings. The Morgan fingerprint density at radius 2 is 1.95 bits per heavy atom. The number of carbonyl (C=O) groups is 1. The zero-order chi connectivity index (χ0) is 14.1. The first-order chi connectivity index (χ1) is 9.65. The van der Waals surface area contributed by atoms with Crippen LogP contribution in [0.3, 0.4) is 0 Å². The second-order valence-corrected chi connectivity index (χ2v) is 5.64. The summed E-state index contributed by atoms with van der Waals surface area (Å²) in [6.45, 7) is 0. The largest absolute Gasteiger partial charge is 0.399 e. The molecule has 1 heterocycles. The number of nitrogens with zero attached hydrogens (tertiary/aromatic N) is 1. The Hall–Kier alpha value is -2.01. The van der Waals surface area contributed by atoms with Gasteiger partial charge in [-0.1, -0.05) is 18.2 Å². The quantitative estimate of drug-likeness (QED) is 0.863. The lowest BCUT2D eigenvalue weighted by Gasteiger charge is -2.24. The van der Waals surface area contributed by atoms with Gasteiger partial charge in [0.2, 0.25) is 5.91 Å². The highest BCUT2D eigenvalue weighted by atomic mass is 32.2. The Bertz CT molecular complexity index is 645. The molecule has 20 heavy (non-hydrogen) atoms. The minimum Gasteiger partial charge on any atom is -0.399 e. The smallest absolute Gasteiger partial charge is 0.238 e. The molecule has 2 aromatic carbocycles. The summed E-state index contributed by atoms with van der Waals surface area (Å²) in [5.74, 6) is 0.0386. The van der Waals surface area contributed by atoms with Crippen LogP contribution in [-0.2, 0) is 4.79 Å². The number of amides is 1. The van der Waals surface area contributed by atoms with E-state index in [2.05, 4.69) is 0 Å². The number of carbonyl (C=O) groups excluding carboxylic acids is 1. The van der Waals surface area contributed by atoms with E-state index in [0.717, 1.165) is 5.56 Å². The topological polar surface area (TPSA) is 46.3 Å². The molecule has 0 aromatic heterocycles. The van der Waals surface area contributed by atoms with Crippen molar-refractivity contribution in [3.05, 3.63) is 59.9 Å². The summed E-state index contributed by atoms with van der Waals surface area (Å²) in [6.07, 6.45) is 0. The van der Waals surface area contributed by atoms with Gasteiger partial charge >= 0.3 is 0 Å². The molecular formula is C15H13FN2OS. The molecule has 3 nitrogen and oxygen atoms in total. The second kappa shape index (κ2) is 5.17. The van der Waals surface area contributed by atoms with Gasteiger partial charge in [-0.05, 0) is 35.9 Å². The van der Waals surface area contributed by atoms with Crippen LogP contribution in [0.15, 0.2) is 48.5 Å². The molecule has 0 unspecified atom stereocenters. The molecule has 1 aliphatic heterocycles. The number of halogens is 1. The fourth-order valence-corrected chi connectivity index (χ4v) is 3.41. The lowest BCUT2D eigenvalue weighted by atomic mass is 10.1. The zero-order valence-electron chi connectivity index (χ0n) is 10.6. The maximum Gasteiger partial charge on any atom is 0.238 e. The zero-order valence-corrected chi connectivity index (χ0v) is 11.4. The van der Waals surface area contributed by atoms with Crippen molar-refractivity contribution in [1.82, 2.24) is 0 Å². The molecular weight excluding hydrogens is 275 g/mol. The van der Waals surface area contributed by atoms with E-state index < -0.39 is 0 Å². The van der Waals surface area contributed by atoms with E-state index >= 15 is 0 Å². The van der Waals surface area contributed by atoms with Crippen molar-refractivity contribution in [2.75, 3.05) is 16.4 Å². The molecule has 0 aliphatic carbocycles. The predicted molar refractivity (Wildman–Crippen MR) is 79.9 cm³/mol. The standard InChI is InChI=1S/C15H13FN2OS/c16-11-2-1-3-13(8-11)18-14(19)9-20-15(18)10-4-6-12(17)7-5-10/h1-8,15H,9,17H2/t15-/m0/s1. The van der Waals surface area contributed by atoms with Gasteiger partial charge in [0.15, 0.2) is 0 Å². The van der Waals surface area contributed by atoms with Crippen molar-refractivity contribution in [1.29, 1.82) is 0 Å². The summed E-state index contributed by atoms with van der Waals surface area (Å²) >= 11 is 1.53. The van der Waals surface area contributed by atoms with Gasteiger partial charge in [0, 0.05) is 11.4 Å². The lowest BCUT2D eigenvalue weighted by molar-refractivity contribution is -0.115. The van der Waals surface area contributed by atoms with Gasteiger partial charge in [-0.3, -0.25) is 9.69 Å². The van der Waals surface area contributed by atoms with Crippen LogP contribution in [0.1, 0.15) is 10.9 Å². The third kappa shape index (κ3) is 2.36. The van der Waals surface area contributed by atoms with E-state index in [4.69, 9.17) is 5.73 Å². The SMILES string of the molecule is Nc1ccc([C@@H]2SCC(=O)N2c2cccc(F)c2)cc1. The highest BCUT2D eigenvalue weighted by Gasteiger charge is 2.34. The number of rotatable bonds is 2. The van der Waals surface area contributed by atoms with Crippen LogP contribution in [0, 0.1) is 5.82 Å². The highest BCUT2D eigenvalue weighted by molar-refractivity contribution is 8.00. The van der Waals surface area contributed by atoms with Crippen LogP contribution in [0.4, 0.5) is 15.8 Å². The summed E-state index contributed by atoms with van der Waals surface area (Å²) in [6, 6.07) is 13.5. The Kier molecular flexibility index (Phi) is 3.36. The molecule has 1 saturated heterocycles. The van der Waals surface area contributed by atoms with E-state index in [1.54, 1.807) is 17.0 Å². The van der Waals surface area contributed by atoms with Crippen LogP contribution < -0.4 is 10.6 Å². The van der Waals surface area contributed by atoms with Crippen molar-refractivity contribution < 1.29 is 9.18 Å². The van der Waals surface area contributed by atoms with E-state index in [-0.39, 0.29) is 17.1 Å². The van der Waals surface area contributed by atoms with Crippen LogP contribution in [0.2, 0.25) is 0 Å². The van der Waals surface area contributed by atoms with Crippen LogP contribution in [-0.4, -0.2) is 11.7 Å². The molecule has 1 fully saturated rings. The minimum absolute atomic E-state index is 0.0116. The van der Waals surface area contributed by atoms with Gasteiger partial charge in [-0.25, -0.2) is 4.39 Å². The third-order valence-electron chi connectivity index (χ3n) is 3.18. The summed E-state index contributed by atoms with van der Waals surface area (Å²) in [4.78, 5) is 13.7. The van der Waals surface area contributed by atoms with Crippen molar-refractivity contribution in [3.63, 3.8) is 0 Å². The first kappa shape index (κ1) is 13.0. The first-order valence-corrected chi connectivity index (χ1v) is 7.25. The van der Waals surface area contributed by atoms with Crippen molar-refractivity contribution in [2.24, 2.45) is 0 Å². The molecule has 0 bridgehead atoms. The monoisotopic (exact) mass is 288 g/mol. The molecule has 1 atom stereocenters.